The predicted molar refractivity (Wildman–Crippen MR) is 173 cm³/mol. The van der Waals surface area contributed by atoms with Gasteiger partial charge < -0.3 is 14.8 Å². The molecule has 0 radical (unpaired) electrons. The minimum Gasteiger partial charge on any atom is -0.448 e. The first-order valence-corrected chi connectivity index (χ1v) is 15.9. The second-order valence-electron chi connectivity index (χ2n) is 11.0. The summed E-state index contributed by atoms with van der Waals surface area (Å²) >= 11 is 1.42. The Morgan fingerprint density at radius 3 is 2.09 bits per heavy atom. The topological polar surface area (TPSA) is 102 Å². The average Bonchev–Trinajstić information content (AvgIpc) is 3.41. The van der Waals surface area contributed by atoms with Gasteiger partial charge in [0.2, 0.25) is 5.91 Å². The zero-order valence-corrected chi connectivity index (χ0v) is 25.3. The van der Waals surface area contributed by atoms with Gasteiger partial charge in [0.1, 0.15) is 22.9 Å². The van der Waals surface area contributed by atoms with E-state index in [4.69, 9.17) is 9.47 Å². The molecule has 3 heterocycles. The molecule has 3 aliphatic rings. The molecule has 0 saturated carbocycles. The maximum absolute atomic E-state index is 14.2. The number of β-lactam (4-membered cyclic amide) rings is 1. The van der Waals surface area contributed by atoms with Crippen LogP contribution in [0.2, 0.25) is 0 Å². The molecule has 228 valence electrons. The van der Waals surface area contributed by atoms with Crippen molar-refractivity contribution in [1.82, 2.24) is 10.2 Å². The quantitative estimate of drug-likeness (QED) is 0.205. The van der Waals surface area contributed by atoms with Gasteiger partial charge in [-0.3, -0.25) is 14.5 Å². The minimum absolute atomic E-state index is 0.0621. The number of rotatable bonds is 8. The van der Waals surface area contributed by atoms with Gasteiger partial charge in [0.25, 0.3) is 5.91 Å². The molecule has 46 heavy (non-hydrogen) atoms. The lowest BCUT2D eigenvalue weighted by Crippen LogP contribution is -2.70. The van der Waals surface area contributed by atoms with Crippen LogP contribution in [0.15, 0.2) is 133 Å². The highest BCUT2D eigenvalue weighted by Crippen LogP contribution is 2.43. The third-order valence-electron chi connectivity index (χ3n) is 8.07. The van der Waals surface area contributed by atoms with Crippen LogP contribution < -0.4 is 5.32 Å². The fourth-order valence-electron chi connectivity index (χ4n) is 5.85. The number of thioether (sulfide) groups is 1. The van der Waals surface area contributed by atoms with Crippen molar-refractivity contribution in [3.05, 3.63) is 160 Å². The van der Waals surface area contributed by atoms with E-state index in [0.29, 0.717) is 28.2 Å². The molecule has 8 nitrogen and oxygen atoms in total. The molecule has 4 aromatic carbocycles. The Morgan fingerprint density at radius 2 is 1.43 bits per heavy atom. The van der Waals surface area contributed by atoms with Gasteiger partial charge in [0.05, 0.1) is 12.0 Å². The standard InChI is InChI=1S/C37H28N2O6S/c40-30(20-23-12-4-1-5-13-23)38-31-34(41)39-32(37(43)45-33(24-14-6-2-7-15-24)25-16-8-3-9-17-25)26(22-46-35(31)39)21-29-27-18-10-11-19-28(27)36(42)44-29/h1-19,21,31,33,35H,20,22H2,(H,38,40)/t31-,35+/m1/s1. The van der Waals surface area contributed by atoms with Crippen molar-refractivity contribution in [1.29, 1.82) is 0 Å². The maximum atomic E-state index is 14.2. The highest BCUT2D eigenvalue weighted by Gasteiger charge is 2.54. The molecule has 3 aliphatic heterocycles. The summed E-state index contributed by atoms with van der Waals surface area (Å²) in [7, 11) is 0. The Kier molecular flexibility index (Phi) is 7.98. The molecule has 0 bridgehead atoms. The molecule has 1 saturated heterocycles. The Bertz CT molecular complexity index is 1850. The van der Waals surface area contributed by atoms with Gasteiger partial charge in [-0.15, -0.1) is 11.8 Å². The van der Waals surface area contributed by atoms with Crippen molar-refractivity contribution in [2.75, 3.05) is 5.75 Å². The van der Waals surface area contributed by atoms with Crippen LogP contribution in [0.25, 0.3) is 5.76 Å². The summed E-state index contributed by atoms with van der Waals surface area (Å²) in [6.07, 6.45) is 1.02. The van der Waals surface area contributed by atoms with Crippen molar-refractivity contribution < 1.29 is 28.7 Å². The first kappa shape index (κ1) is 29.3. The van der Waals surface area contributed by atoms with Crippen LogP contribution >= 0.6 is 11.8 Å². The number of allylic oxidation sites excluding steroid dienone is 1. The lowest BCUT2D eigenvalue weighted by molar-refractivity contribution is -0.154. The maximum Gasteiger partial charge on any atom is 0.356 e. The van der Waals surface area contributed by atoms with E-state index in [-0.39, 0.29) is 18.0 Å². The Morgan fingerprint density at radius 1 is 0.848 bits per heavy atom. The number of hydrogen-bond donors (Lipinski definition) is 1. The number of ether oxygens (including phenoxy) is 2. The van der Waals surface area contributed by atoms with Crippen LogP contribution in [-0.2, 0) is 30.3 Å². The van der Waals surface area contributed by atoms with Crippen molar-refractivity contribution >= 4 is 41.3 Å². The van der Waals surface area contributed by atoms with E-state index >= 15 is 0 Å². The summed E-state index contributed by atoms with van der Waals surface area (Å²) in [5, 5.41) is 2.35. The van der Waals surface area contributed by atoms with Gasteiger partial charge in [-0.25, -0.2) is 9.59 Å². The van der Waals surface area contributed by atoms with Crippen molar-refractivity contribution in [3.8, 4) is 0 Å². The molecule has 0 aromatic heterocycles. The summed E-state index contributed by atoms with van der Waals surface area (Å²) in [6.45, 7) is 0. The van der Waals surface area contributed by atoms with Gasteiger partial charge in [0, 0.05) is 11.3 Å². The van der Waals surface area contributed by atoms with Gasteiger partial charge in [-0.1, -0.05) is 109 Å². The Hall–Kier alpha value is -5.41. The van der Waals surface area contributed by atoms with E-state index in [1.165, 1.54) is 16.7 Å². The zero-order valence-electron chi connectivity index (χ0n) is 24.5. The largest absolute Gasteiger partial charge is 0.448 e. The van der Waals surface area contributed by atoms with E-state index in [9.17, 15) is 19.2 Å². The number of benzene rings is 4. The van der Waals surface area contributed by atoms with Crippen LogP contribution in [0.4, 0.5) is 0 Å². The summed E-state index contributed by atoms with van der Waals surface area (Å²) in [5.41, 5.74) is 3.94. The van der Waals surface area contributed by atoms with E-state index in [1.54, 1.807) is 30.3 Å². The normalized spacial score (nSPS) is 19.3. The lowest BCUT2D eigenvalue weighted by atomic mass is 9.99. The molecular formula is C37H28N2O6S. The van der Waals surface area contributed by atoms with Gasteiger partial charge in [-0.2, -0.15) is 0 Å². The molecule has 2 atom stereocenters. The van der Waals surface area contributed by atoms with Crippen LogP contribution in [-0.4, -0.2) is 45.8 Å². The monoisotopic (exact) mass is 628 g/mol. The van der Waals surface area contributed by atoms with Gasteiger partial charge >= 0.3 is 11.9 Å². The molecule has 7 rings (SSSR count). The molecule has 4 aromatic rings. The van der Waals surface area contributed by atoms with Crippen molar-refractivity contribution in [3.63, 3.8) is 0 Å². The molecule has 2 amide bonds. The van der Waals surface area contributed by atoms with Gasteiger partial charge in [0.15, 0.2) is 6.10 Å². The van der Waals surface area contributed by atoms with Crippen LogP contribution in [0.1, 0.15) is 38.7 Å². The third-order valence-corrected chi connectivity index (χ3v) is 9.37. The predicted octanol–water partition coefficient (Wildman–Crippen LogP) is 5.43. The highest BCUT2D eigenvalue weighted by atomic mass is 32.2. The van der Waals surface area contributed by atoms with Gasteiger partial charge in [-0.05, 0) is 34.4 Å². The summed E-state index contributed by atoms with van der Waals surface area (Å²) in [4.78, 5) is 54.8. The third kappa shape index (κ3) is 5.61. The molecule has 0 unspecified atom stereocenters. The van der Waals surface area contributed by atoms with Crippen molar-refractivity contribution in [2.24, 2.45) is 0 Å². The molecule has 9 heteroatoms. The number of amides is 2. The fraction of sp³-hybridized carbons (Fsp3) is 0.135. The van der Waals surface area contributed by atoms with E-state index in [0.717, 1.165) is 16.7 Å². The number of carbonyl (C=O) groups excluding carboxylic acids is 4. The van der Waals surface area contributed by atoms with Crippen molar-refractivity contribution in [2.45, 2.75) is 23.9 Å². The molecule has 0 aliphatic carbocycles. The SMILES string of the molecule is O=C(Cc1ccccc1)N[C@@H]1C(=O)N2C(C(=O)OC(c3ccccc3)c3ccccc3)=C(C=C3OC(=O)c4ccccc43)CS[C@@H]12. The first-order chi connectivity index (χ1) is 22.5. The van der Waals surface area contributed by atoms with E-state index in [2.05, 4.69) is 5.32 Å². The van der Waals surface area contributed by atoms with E-state index in [1.807, 2.05) is 91.0 Å². The lowest BCUT2D eigenvalue weighted by Gasteiger charge is -2.49. The first-order valence-electron chi connectivity index (χ1n) is 14.8. The second kappa shape index (κ2) is 12.5. The summed E-state index contributed by atoms with van der Waals surface area (Å²) in [6, 6.07) is 34.3. The zero-order chi connectivity index (χ0) is 31.6. The summed E-state index contributed by atoms with van der Waals surface area (Å²) < 4.78 is 11.8. The smallest absolute Gasteiger partial charge is 0.356 e. The van der Waals surface area contributed by atoms with Crippen LogP contribution in [0, 0.1) is 0 Å². The number of nitrogens with zero attached hydrogens (tertiary/aromatic N) is 1. The summed E-state index contributed by atoms with van der Waals surface area (Å²) in [5.74, 6) is -1.27. The minimum atomic E-state index is -0.803. The Balaban J connectivity index is 1.23. The number of nitrogens with one attached hydrogen (secondary N) is 1. The molecule has 1 fully saturated rings. The number of esters is 2. The molecular weight excluding hydrogens is 600 g/mol. The number of hydrogen-bond acceptors (Lipinski definition) is 7. The van der Waals surface area contributed by atoms with E-state index < -0.39 is 35.4 Å². The van der Waals surface area contributed by atoms with Crippen LogP contribution in [0.5, 0.6) is 0 Å². The second-order valence-corrected chi connectivity index (χ2v) is 12.1. The number of cyclic esters (lactones) is 1. The number of carbonyl (C=O) groups is 4. The Labute approximate surface area is 269 Å². The average molecular weight is 629 g/mol. The number of fused-ring (bicyclic) bond motifs is 2. The van der Waals surface area contributed by atoms with Crippen LogP contribution in [0.3, 0.4) is 0 Å². The molecule has 1 N–H and O–H groups in total. The fourth-order valence-corrected chi connectivity index (χ4v) is 7.15. The molecule has 0 spiro atoms. The highest BCUT2D eigenvalue weighted by molar-refractivity contribution is 8.00.